The van der Waals surface area contributed by atoms with E-state index in [1.54, 1.807) is 6.92 Å². The maximum Gasteiger partial charge on any atom is 0.317 e. The third-order valence-corrected chi connectivity index (χ3v) is 2.37. The van der Waals surface area contributed by atoms with E-state index in [4.69, 9.17) is 0 Å². The maximum absolute atomic E-state index is 12.6. The lowest BCUT2D eigenvalue weighted by Gasteiger charge is -2.48. The first kappa shape index (κ1) is 9.55. The second-order valence-corrected chi connectivity index (χ2v) is 3.09. The topological polar surface area (TPSA) is 0 Å². The third kappa shape index (κ3) is 0.898. The van der Waals surface area contributed by atoms with Crippen LogP contribution in [0.25, 0.3) is 0 Å². The van der Waals surface area contributed by atoms with Crippen molar-refractivity contribution < 1.29 is 17.6 Å². The fraction of sp³-hybridized carbons (Fsp3) is 0.750. The van der Waals surface area contributed by atoms with Gasteiger partial charge in [-0.05, 0) is 6.92 Å². The molecule has 0 N–H and O–H groups in total. The highest BCUT2D eigenvalue weighted by Gasteiger charge is 2.75. The maximum atomic E-state index is 12.6. The van der Waals surface area contributed by atoms with Crippen molar-refractivity contribution in [1.82, 2.24) is 0 Å². The summed E-state index contributed by atoms with van der Waals surface area (Å²) in [6.45, 7) is 2.68. The molecule has 0 aromatic carbocycles. The molecule has 2 unspecified atom stereocenters. The smallest absolute Gasteiger partial charge is 0.200 e. The fourth-order valence-electron chi connectivity index (χ4n) is 1.46. The van der Waals surface area contributed by atoms with Crippen LogP contribution in [0.1, 0.15) is 13.8 Å². The molecule has 1 saturated carbocycles. The van der Waals surface area contributed by atoms with Crippen molar-refractivity contribution >= 4 is 0 Å². The quantitative estimate of drug-likeness (QED) is 0.431. The van der Waals surface area contributed by atoms with Crippen molar-refractivity contribution in [3.8, 4) is 0 Å². The zero-order valence-electron chi connectivity index (χ0n) is 6.82. The molecular formula is C8H10F4. The molecule has 2 atom stereocenters. The van der Waals surface area contributed by atoms with E-state index in [1.165, 1.54) is 6.08 Å². The minimum absolute atomic E-state index is 1.14. The molecule has 1 aliphatic carbocycles. The minimum atomic E-state index is -3.86. The van der Waals surface area contributed by atoms with Crippen molar-refractivity contribution in [1.29, 1.82) is 0 Å². The summed E-state index contributed by atoms with van der Waals surface area (Å²) in [4.78, 5) is 0. The Kier molecular flexibility index (Phi) is 1.97. The Morgan fingerprint density at radius 3 is 1.92 bits per heavy atom. The minimum Gasteiger partial charge on any atom is -0.200 e. The van der Waals surface area contributed by atoms with E-state index in [0.29, 0.717) is 0 Å². The Hall–Kier alpha value is -0.540. The number of rotatable bonds is 1. The lowest BCUT2D eigenvalue weighted by Crippen LogP contribution is -2.64. The van der Waals surface area contributed by atoms with Crippen LogP contribution in [-0.2, 0) is 0 Å². The lowest BCUT2D eigenvalue weighted by atomic mass is 9.67. The van der Waals surface area contributed by atoms with Crippen molar-refractivity contribution in [3.63, 3.8) is 0 Å². The Morgan fingerprint density at radius 2 is 1.58 bits per heavy atom. The number of alkyl halides is 4. The van der Waals surface area contributed by atoms with E-state index in [0.717, 1.165) is 13.0 Å². The number of allylic oxidation sites excluding steroid dienone is 2. The van der Waals surface area contributed by atoms with Crippen molar-refractivity contribution in [2.24, 2.45) is 11.8 Å². The van der Waals surface area contributed by atoms with Gasteiger partial charge in [-0.3, -0.25) is 0 Å². The van der Waals surface area contributed by atoms with E-state index < -0.39 is 23.7 Å². The number of hydrogen-bond donors (Lipinski definition) is 0. The average Bonchev–Trinajstić information content (AvgIpc) is 1.98. The van der Waals surface area contributed by atoms with E-state index in [2.05, 4.69) is 0 Å². The molecule has 0 aromatic rings. The second-order valence-electron chi connectivity index (χ2n) is 3.09. The molecule has 1 fully saturated rings. The van der Waals surface area contributed by atoms with Gasteiger partial charge in [-0.15, -0.1) is 0 Å². The van der Waals surface area contributed by atoms with Crippen LogP contribution in [0, 0.1) is 11.8 Å². The van der Waals surface area contributed by atoms with Crippen LogP contribution in [0.5, 0.6) is 0 Å². The van der Waals surface area contributed by atoms with E-state index in [-0.39, 0.29) is 0 Å². The van der Waals surface area contributed by atoms with E-state index in [1.807, 2.05) is 0 Å². The average molecular weight is 182 g/mol. The largest absolute Gasteiger partial charge is 0.317 e. The molecule has 4 heteroatoms. The van der Waals surface area contributed by atoms with Crippen LogP contribution in [-0.4, -0.2) is 11.8 Å². The molecular weight excluding hydrogens is 172 g/mol. The Bertz CT molecular complexity index is 207. The highest BCUT2D eigenvalue weighted by Crippen LogP contribution is 2.59. The first-order valence-corrected chi connectivity index (χ1v) is 3.74. The van der Waals surface area contributed by atoms with Crippen molar-refractivity contribution in [2.45, 2.75) is 25.7 Å². The summed E-state index contributed by atoms with van der Waals surface area (Å²) in [7, 11) is 0. The van der Waals surface area contributed by atoms with Gasteiger partial charge >= 0.3 is 11.8 Å². The summed E-state index contributed by atoms with van der Waals surface area (Å²) >= 11 is 0. The molecule has 0 spiro atoms. The van der Waals surface area contributed by atoms with E-state index in [9.17, 15) is 17.6 Å². The van der Waals surface area contributed by atoms with Crippen LogP contribution < -0.4 is 0 Å². The zero-order valence-corrected chi connectivity index (χ0v) is 6.82. The normalized spacial score (nSPS) is 38.2. The van der Waals surface area contributed by atoms with E-state index >= 15 is 0 Å². The molecule has 0 amide bonds. The molecule has 0 radical (unpaired) electrons. The fourth-order valence-corrected chi connectivity index (χ4v) is 1.46. The van der Waals surface area contributed by atoms with Crippen LogP contribution in [0.15, 0.2) is 12.2 Å². The summed E-state index contributed by atoms with van der Waals surface area (Å²) in [6.07, 6.45) is 2.52. The van der Waals surface area contributed by atoms with Gasteiger partial charge in [0.15, 0.2) is 0 Å². The SMILES string of the molecule is CC=CC1C(C)C(F)(F)C1(F)F. The molecule has 0 aliphatic heterocycles. The first-order chi connectivity index (χ1) is 5.35. The Morgan fingerprint density at radius 1 is 1.08 bits per heavy atom. The van der Waals surface area contributed by atoms with Gasteiger partial charge < -0.3 is 0 Å². The summed E-state index contributed by atoms with van der Waals surface area (Å²) in [5.41, 5.74) is 0. The molecule has 0 bridgehead atoms. The standard InChI is InChI=1S/C8H10F4/c1-3-4-6-5(2)7(9,10)8(6,11)12/h3-6H,1-2H3. The summed E-state index contributed by atoms with van der Waals surface area (Å²) in [6, 6.07) is 0. The molecule has 0 heterocycles. The van der Waals surface area contributed by atoms with Gasteiger partial charge in [-0.25, -0.2) is 0 Å². The lowest BCUT2D eigenvalue weighted by molar-refractivity contribution is -0.336. The van der Waals surface area contributed by atoms with Crippen LogP contribution >= 0.6 is 0 Å². The van der Waals surface area contributed by atoms with Crippen molar-refractivity contribution in [2.75, 3.05) is 0 Å². The molecule has 0 nitrogen and oxygen atoms in total. The monoisotopic (exact) mass is 182 g/mol. The van der Waals surface area contributed by atoms with Gasteiger partial charge in [0.1, 0.15) is 0 Å². The van der Waals surface area contributed by atoms with Gasteiger partial charge in [0, 0.05) is 5.92 Å². The molecule has 12 heavy (non-hydrogen) atoms. The predicted octanol–water partition coefficient (Wildman–Crippen LogP) is 3.10. The molecule has 1 aliphatic rings. The van der Waals surface area contributed by atoms with Crippen LogP contribution in [0.4, 0.5) is 17.6 Å². The molecule has 0 aromatic heterocycles. The highest BCUT2D eigenvalue weighted by molar-refractivity contribution is 5.15. The zero-order chi connectivity index (χ0) is 9.57. The summed E-state index contributed by atoms with van der Waals surface area (Å²) < 4.78 is 50.2. The summed E-state index contributed by atoms with van der Waals surface area (Å²) in [5.74, 6) is -10.3. The molecule has 0 saturated heterocycles. The third-order valence-electron chi connectivity index (χ3n) is 2.37. The highest BCUT2D eigenvalue weighted by atomic mass is 19.3. The van der Waals surface area contributed by atoms with Gasteiger partial charge in [-0.1, -0.05) is 19.1 Å². The van der Waals surface area contributed by atoms with Crippen LogP contribution in [0.3, 0.4) is 0 Å². The molecule has 1 rings (SSSR count). The first-order valence-electron chi connectivity index (χ1n) is 3.74. The molecule has 70 valence electrons. The Balaban J connectivity index is 2.84. The van der Waals surface area contributed by atoms with Gasteiger partial charge in [0.25, 0.3) is 0 Å². The van der Waals surface area contributed by atoms with Crippen molar-refractivity contribution in [3.05, 3.63) is 12.2 Å². The Labute approximate surface area is 68.3 Å². The van der Waals surface area contributed by atoms with Crippen LogP contribution in [0.2, 0.25) is 0 Å². The van der Waals surface area contributed by atoms with Gasteiger partial charge in [0.2, 0.25) is 0 Å². The number of halogens is 4. The van der Waals surface area contributed by atoms with Gasteiger partial charge in [-0.2, -0.15) is 17.6 Å². The second kappa shape index (κ2) is 2.47. The summed E-state index contributed by atoms with van der Waals surface area (Å²) in [5, 5.41) is 0. The van der Waals surface area contributed by atoms with Gasteiger partial charge in [0.05, 0.1) is 5.92 Å². The predicted molar refractivity (Wildman–Crippen MR) is 37.4 cm³/mol. The number of hydrogen-bond acceptors (Lipinski definition) is 0.